The smallest absolute Gasteiger partial charge is 0.321 e. The van der Waals surface area contributed by atoms with E-state index < -0.39 is 6.03 Å². The third kappa shape index (κ3) is 6.14. The molecule has 0 fully saturated rings. The van der Waals surface area contributed by atoms with E-state index >= 15 is 0 Å². The van der Waals surface area contributed by atoms with Gasteiger partial charge in [0.15, 0.2) is 0 Å². The van der Waals surface area contributed by atoms with Crippen LogP contribution in [0.3, 0.4) is 0 Å². The fraction of sp³-hybridized carbons (Fsp3) is 0.222. The average Bonchev–Trinajstić information content (AvgIpc) is 2.56. The minimum Gasteiger partial charge on any atom is -0.334 e. The van der Waals surface area contributed by atoms with Crippen molar-refractivity contribution in [3.8, 4) is 0 Å². The molecule has 0 bridgehead atoms. The van der Waals surface area contributed by atoms with E-state index in [0.717, 1.165) is 15.6 Å². The highest BCUT2D eigenvalue weighted by atomic mass is 79.9. The lowest BCUT2D eigenvalue weighted by Gasteiger charge is -2.17. The van der Waals surface area contributed by atoms with Crippen LogP contribution in [0.1, 0.15) is 11.1 Å². The van der Waals surface area contributed by atoms with Gasteiger partial charge in [-0.05, 0) is 24.2 Å². The molecule has 0 unspecified atom stereocenters. The van der Waals surface area contributed by atoms with Crippen LogP contribution in [0.15, 0.2) is 59.1 Å². The highest BCUT2D eigenvalue weighted by molar-refractivity contribution is 9.10. The summed E-state index contributed by atoms with van der Waals surface area (Å²) in [5.41, 5.74) is 2.06. The third-order valence-corrected chi connectivity index (χ3v) is 4.13. The number of halogens is 1. The van der Waals surface area contributed by atoms with Crippen LogP contribution in [0.5, 0.6) is 0 Å². The van der Waals surface area contributed by atoms with Crippen molar-refractivity contribution in [2.24, 2.45) is 0 Å². The number of benzene rings is 2. The maximum atomic E-state index is 11.9. The number of nitrogens with zero attached hydrogens (tertiary/aromatic N) is 1. The maximum absolute atomic E-state index is 11.9. The van der Waals surface area contributed by atoms with Crippen LogP contribution in [0.2, 0.25) is 0 Å². The lowest BCUT2D eigenvalue weighted by Crippen LogP contribution is -2.43. The quantitative estimate of drug-likeness (QED) is 0.798. The van der Waals surface area contributed by atoms with Gasteiger partial charge in [-0.2, -0.15) is 0 Å². The van der Waals surface area contributed by atoms with Crippen LogP contribution in [0.25, 0.3) is 0 Å². The Morgan fingerprint density at radius 1 is 1.04 bits per heavy atom. The van der Waals surface area contributed by atoms with Crippen molar-refractivity contribution in [2.45, 2.75) is 13.1 Å². The zero-order chi connectivity index (χ0) is 17.4. The Morgan fingerprint density at radius 3 is 2.42 bits per heavy atom. The van der Waals surface area contributed by atoms with E-state index in [1.54, 1.807) is 0 Å². The lowest BCUT2D eigenvalue weighted by atomic mass is 10.2. The number of imide groups is 1. The Balaban J connectivity index is 1.74. The molecule has 2 aromatic carbocycles. The number of carbonyl (C=O) groups excluding carboxylic acids is 2. The van der Waals surface area contributed by atoms with Gasteiger partial charge in [0.2, 0.25) is 5.91 Å². The molecule has 3 amide bonds. The van der Waals surface area contributed by atoms with E-state index in [0.29, 0.717) is 13.1 Å². The van der Waals surface area contributed by atoms with E-state index in [1.165, 1.54) is 0 Å². The molecular formula is C18H20BrN3O2. The number of nitrogens with one attached hydrogen (secondary N) is 2. The summed E-state index contributed by atoms with van der Waals surface area (Å²) in [6.45, 7) is 1.13. The van der Waals surface area contributed by atoms with Crippen molar-refractivity contribution in [3.05, 3.63) is 70.2 Å². The summed E-state index contributed by atoms with van der Waals surface area (Å²) in [6.07, 6.45) is 0. The summed E-state index contributed by atoms with van der Waals surface area (Å²) in [4.78, 5) is 25.5. The molecule has 0 aromatic heterocycles. The number of urea groups is 1. The predicted molar refractivity (Wildman–Crippen MR) is 97.3 cm³/mol. The van der Waals surface area contributed by atoms with Gasteiger partial charge in [-0.25, -0.2) is 4.79 Å². The van der Waals surface area contributed by atoms with Gasteiger partial charge < -0.3 is 5.32 Å². The summed E-state index contributed by atoms with van der Waals surface area (Å²) < 4.78 is 0.998. The molecule has 0 aliphatic rings. The van der Waals surface area contributed by atoms with Crippen molar-refractivity contribution in [2.75, 3.05) is 13.6 Å². The first-order chi connectivity index (χ1) is 11.5. The molecule has 0 atom stereocenters. The average molecular weight is 390 g/mol. The Kier molecular flexibility index (Phi) is 6.96. The van der Waals surface area contributed by atoms with Gasteiger partial charge in [0, 0.05) is 17.6 Å². The Hall–Kier alpha value is -2.18. The van der Waals surface area contributed by atoms with Crippen molar-refractivity contribution in [3.63, 3.8) is 0 Å². The van der Waals surface area contributed by atoms with Crippen LogP contribution in [0, 0.1) is 0 Å². The third-order valence-electron chi connectivity index (χ3n) is 3.36. The summed E-state index contributed by atoms with van der Waals surface area (Å²) in [7, 11) is 1.83. The van der Waals surface area contributed by atoms with Gasteiger partial charge in [0.05, 0.1) is 6.54 Å². The minimum atomic E-state index is -0.488. The first kappa shape index (κ1) is 18.2. The Labute approximate surface area is 150 Å². The van der Waals surface area contributed by atoms with E-state index in [9.17, 15) is 9.59 Å². The van der Waals surface area contributed by atoms with Crippen LogP contribution in [-0.4, -0.2) is 30.4 Å². The van der Waals surface area contributed by atoms with Crippen LogP contribution >= 0.6 is 15.9 Å². The zero-order valence-corrected chi connectivity index (χ0v) is 15.0. The SMILES string of the molecule is CN(CC(=O)NC(=O)NCc1ccccc1)Cc1ccccc1Br. The molecule has 2 aromatic rings. The van der Waals surface area contributed by atoms with Crippen molar-refractivity contribution >= 4 is 27.9 Å². The molecular weight excluding hydrogens is 370 g/mol. The van der Waals surface area contributed by atoms with Gasteiger partial charge in [-0.3, -0.25) is 15.0 Å². The Morgan fingerprint density at radius 2 is 1.71 bits per heavy atom. The Bertz CT molecular complexity index is 692. The van der Waals surface area contributed by atoms with Crippen LogP contribution in [-0.2, 0) is 17.9 Å². The van der Waals surface area contributed by atoms with E-state index in [4.69, 9.17) is 0 Å². The standard InChI is InChI=1S/C18H20BrN3O2/c1-22(12-15-9-5-6-10-16(15)19)13-17(23)21-18(24)20-11-14-7-3-2-4-8-14/h2-10H,11-13H2,1H3,(H2,20,21,23,24). The van der Waals surface area contributed by atoms with E-state index in [-0.39, 0.29) is 12.5 Å². The molecule has 0 heterocycles. The predicted octanol–water partition coefficient (Wildman–Crippen LogP) is 2.91. The van der Waals surface area contributed by atoms with Crippen molar-refractivity contribution in [1.82, 2.24) is 15.5 Å². The van der Waals surface area contributed by atoms with Crippen molar-refractivity contribution in [1.29, 1.82) is 0 Å². The molecule has 0 spiro atoms. The maximum Gasteiger partial charge on any atom is 0.321 e. The molecule has 0 saturated carbocycles. The van der Waals surface area contributed by atoms with E-state index in [1.807, 2.05) is 66.5 Å². The second-order valence-electron chi connectivity index (χ2n) is 5.48. The summed E-state index contributed by atoms with van der Waals surface area (Å²) >= 11 is 3.48. The van der Waals surface area contributed by atoms with Gasteiger partial charge in [-0.15, -0.1) is 0 Å². The number of rotatable bonds is 6. The molecule has 0 aliphatic carbocycles. The normalized spacial score (nSPS) is 10.5. The lowest BCUT2D eigenvalue weighted by molar-refractivity contribution is -0.120. The summed E-state index contributed by atoms with van der Waals surface area (Å²) in [6, 6.07) is 16.9. The largest absolute Gasteiger partial charge is 0.334 e. The highest BCUT2D eigenvalue weighted by Gasteiger charge is 2.11. The fourth-order valence-corrected chi connectivity index (χ4v) is 2.62. The zero-order valence-electron chi connectivity index (χ0n) is 13.5. The molecule has 126 valence electrons. The molecule has 2 N–H and O–H groups in total. The molecule has 0 aliphatic heterocycles. The summed E-state index contributed by atoms with van der Waals surface area (Å²) in [5.74, 6) is -0.338. The van der Waals surface area contributed by atoms with Gasteiger partial charge in [0.1, 0.15) is 0 Å². The first-order valence-electron chi connectivity index (χ1n) is 7.58. The highest BCUT2D eigenvalue weighted by Crippen LogP contribution is 2.16. The van der Waals surface area contributed by atoms with Gasteiger partial charge in [0.25, 0.3) is 0 Å². The van der Waals surface area contributed by atoms with Gasteiger partial charge >= 0.3 is 6.03 Å². The second kappa shape index (κ2) is 9.20. The van der Waals surface area contributed by atoms with Crippen LogP contribution in [0.4, 0.5) is 4.79 Å². The molecule has 5 nitrogen and oxygen atoms in total. The fourth-order valence-electron chi connectivity index (χ4n) is 2.21. The number of hydrogen-bond acceptors (Lipinski definition) is 3. The molecule has 0 saturated heterocycles. The molecule has 2 rings (SSSR count). The first-order valence-corrected chi connectivity index (χ1v) is 8.37. The molecule has 24 heavy (non-hydrogen) atoms. The second-order valence-corrected chi connectivity index (χ2v) is 6.33. The topological polar surface area (TPSA) is 61.4 Å². The number of amides is 3. The van der Waals surface area contributed by atoms with Crippen molar-refractivity contribution < 1.29 is 9.59 Å². The minimum absolute atomic E-state index is 0.139. The molecule has 0 radical (unpaired) electrons. The number of carbonyl (C=O) groups is 2. The monoisotopic (exact) mass is 389 g/mol. The number of likely N-dealkylation sites (N-methyl/N-ethyl adjacent to an activating group) is 1. The van der Waals surface area contributed by atoms with Gasteiger partial charge in [-0.1, -0.05) is 64.5 Å². The molecule has 6 heteroatoms. The summed E-state index contributed by atoms with van der Waals surface area (Å²) in [5, 5.41) is 5.00. The number of hydrogen-bond donors (Lipinski definition) is 2. The van der Waals surface area contributed by atoms with E-state index in [2.05, 4.69) is 26.6 Å². The van der Waals surface area contributed by atoms with Crippen LogP contribution < -0.4 is 10.6 Å².